The zero-order valence-corrected chi connectivity index (χ0v) is 11.9. The predicted molar refractivity (Wildman–Crippen MR) is 74.2 cm³/mol. The van der Waals surface area contributed by atoms with Crippen molar-refractivity contribution in [2.45, 2.75) is 39.7 Å². The van der Waals surface area contributed by atoms with Crippen LogP contribution in [-0.4, -0.2) is 23.1 Å². The van der Waals surface area contributed by atoms with Crippen molar-refractivity contribution in [2.75, 3.05) is 6.54 Å². The molecule has 1 heterocycles. The molecule has 0 aliphatic heterocycles. The molecule has 0 bridgehead atoms. The molecule has 1 rings (SSSR count). The summed E-state index contributed by atoms with van der Waals surface area (Å²) < 4.78 is 2.09. The lowest BCUT2D eigenvalue weighted by atomic mass is 9.84. The van der Waals surface area contributed by atoms with Gasteiger partial charge < -0.3 is 15.6 Å². The quantitative estimate of drug-likeness (QED) is 0.832. The summed E-state index contributed by atoms with van der Waals surface area (Å²) in [5.74, 6) is 0.0339. The van der Waals surface area contributed by atoms with E-state index in [1.54, 1.807) is 0 Å². The van der Waals surface area contributed by atoms with Crippen LogP contribution in [0.25, 0.3) is 0 Å². The van der Waals surface area contributed by atoms with Gasteiger partial charge in [-0.25, -0.2) is 0 Å². The Morgan fingerprint density at radius 1 is 1.50 bits per heavy atom. The van der Waals surface area contributed by atoms with Gasteiger partial charge in [0.25, 0.3) is 0 Å². The van der Waals surface area contributed by atoms with E-state index in [1.807, 2.05) is 19.3 Å². The first-order chi connectivity index (χ1) is 8.34. The number of amides is 1. The lowest BCUT2D eigenvalue weighted by Gasteiger charge is -2.31. The molecule has 0 radical (unpaired) electrons. The van der Waals surface area contributed by atoms with Gasteiger partial charge in [0.1, 0.15) is 0 Å². The van der Waals surface area contributed by atoms with Crippen molar-refractivity contribution < 1.29 is 4.79 Å². The summed E-state index contributed by atoms with van der Waals surface area (Å²) >= 11 is 0. The Labute approximate surface area is 110 Å². The summed E-state index contributed by atoms with van der Waals surface area (Å²) in [7, 11) is 2.02. The second-order valence-electron chi connectivity index (χ2n) is 5.84. The average Bonchev–Trinajstić information content (AvgIpc) is 2.62. The van der Waals surface area contributed by atoms with Crippen molar-refractivity contribution >= 4 is 5.91 Å². The molecule has 1 aromatic heterocycles. The molecule has 18 heavy (non-hydrogen) atoms. The van der Waals surface area contributed by atoms with E-state index in [0.29, 0.717) is 13.0 Å². The fourth-order valence-corrected chi connectivity index (χ4v) is 1.89. The largest absolute Gasteiger partial charge is 0.354 e. The third kappa shape index (κ3) is 4.18. The molecule has 0 saturated carbocycles. The van der Waals surface area contributed by atoms with Gasteiger partial charge in [-0.05, 0) is 17.5 Å². The molecule has 1 aromatic rings. The molecule has 0 spiro atoms. The third-order valence-electron chi connectivity index (χ3n) is 3.22. The zero-order chi connectivity index (χ0) is 13.8. The molecule has 1 amide bonds. The molecule has 4 heteroatoms. The van der Waals surface area contributed by atoms with Crippen LogP contribution in [0.1, 0.15) is 32.9 Å². The molecular weight excluding hydrogens is 226 g/mol. The van der Waals surface area contributed by atoms with E-state index < -0.39 is 0 Å². The van der Waals surface area contributed by atoms with Crippen molar-refractivity contribution in [2.24, 2.45) is 18.2 Å². The number of nitrogens with two attached hydrogens (primary N) is 1. The maximum absolute atomic E-state index is 11.7. The summed E-state index contributed by atoms with van der Waals surface area (Å²) in [6, 6.07) is 4.23. The Morgan fingerprint density at radius 2 is 2.17 bits per heavy atom. The van der Waals surface area contributed by atoms with E-state index in [1.165, 1.54) is 5.69 Å². The first-order valence-corrected chi connectivity index (χ1v) is 6.44. The van der Waals surface area contributed by atoms with Gasteiger partial charge in [0.2, 0.25) is 5.91 Å². The fraction of sp³-hybridized carbons (Fsp3) is 0.643. The van der Waals surface area contributed by atoms with Gasteiger partial charge in [-0.1, -0.05) is 20.8 Å². The average molecular weight is 251 g/mol. The number of nitrogens with zero attached hydrogens (tertiary/aromatic N) is 1. The molecule has 0 unspecified atom stereocenters. The molecule has 0 saturated heterocycles. The Balaban J connectivity index is 2.74. The maximum atomic E-state index is 11.7. The highest BCUT2D eigenvalue weighted by atomic mass is 16.1. The molecule has 4 nitrogen and oxygen atoms in total. The number of hydrogen-bond donors (Lipinski definition) is 2. The second-order valence-corrected chi connectivity index (χ2v) is 5.84. The first-order valence-electron chi connectivity index (χ1n) is 6.44. The number of hydrogen-bond acceptors (Lipinski definition) is 2. The Kier molecular flexibility index (Phi) is 4.96. The van der Waals surface area contributed by atoms with Crippen molar-refractivity contribution in [1.82, 2.24) is 9.88 Å². The van der Waals surface area contributed by atoms with Gasteiger partial charge in [0.05, 0.1) is 0 Å². The summed E-state index contributed by atoms with van der Waals surface area (Å²) in [4.78, 5) is 11.7. The van der Waals surface area contributed by atoms with Crippen molar-refractivity contribution in [3.8, 4) is 0 Å². The standard InChI is InChI=1S/C14H25N3O/c1-14(2,3)12(16-13(18)7-8-15)10-11-6-5-9-17(11)4/h5-6,9,12H,7-8,10,15H2,1-4H3,(H,16,18)/t12-/m0/s1. The minimum atomic E-state index is 0.0223. The Hall–Kier alpha value is -1.29. The van der Waals surface area contributed by atoms with Crippen LogP contribution in [0.15, 0.2) is 18.3 Å². The summed E-state index contributed by atoms with van der Waals surface area (Å²) in [5.41, 5.74) is 6.66. The van der Waals surface area contributed by atoms with Crippen LogP contribution >= 0.6 is 0 Å². The first kappa shape index (κ1) is 14.8. The maximum Gasteiger partial charge on any atom is 0.221 e. The molecule has 3 N–H and O–H groups in total. The van der Waals surface area contributed by atoms with E-state index in [0.717, 1.165) is 6.42 Å². The van der Waals surface area contributed by atoms with Gasteiger partial charge in [-0.2, -0.15) is 0 Å². The van der Waals surface area contributed by atoms with E-state index in [2.05, 4.69) is 36.7 Å². The van der Waals surface area contributed by atoms with E-state index >= 15 is 0 Å². The highest BCUT2D eigenvalue weighted by Gasteiger charge is 2.26. The van der Waals surface area contributed by atoms with Gasteiger partial charge >= 0.3 is 0 Å². The molecular formula is C14H25N3O. The molecule has 102 valence electrons. The highest BCUT2D eigenvalue weighted by molar-refractivity contribution is 5.76. The SMILES string of the molecule is Cn1cccc1C[C@H](NC(=O)CCN)C(C)(C)C. The highest BCUT2D eigenvalue weighted by Crippen LogP contribution is 2.22. The molecule has 0 aromatic carbocycles. The molecule has 0 fully saturated rings. The Morgan fingerprint density at radius 3 is 2.61 bits per heavy atom. The minimum Gasteiger partial charge on any atom is -0.354 e. The van der Waals surface area contributed by atoms with Crippen LogP contribution in [0, 0.1) is 5.41 Å². The third-order valence-corrected chi connectivity index (χ3v) is 3.22. The van der Waals surface area contributed by atoms with Crippen molar-refractivity contribution in [1.29, 1.82) is 0 Å². The van der Waals surface area contributed by atoms with E-state index in [-0.39, 0.29) is 17.4 Å². The zero-order valence-electron chi connectivity index (χ0n) is 11.9. The fourth-order valence-electron chi connectivity index (χ4n) is 1.89. The number of aryl methyl sites for hydroxylation is 1. The minimum absolute atomic E-state index is 0.0223. The van der Waals surface area contributed by atoms with Crippen LogP contribution < -0.4 is 11.1 Å². The van der Waals surface area contributed by atoms with Crippen molar-refractivity contribution in [3.05, 3.63) is 24.0 Å². The van der Waals surface area contributed by atoms with Crippen LogP contribution in [0.3, 0.4) is 0 Å². The van der Waals surface area contributed by atoms with E-state index in [4.69, 9.17) is 5.73 Å². The van der Waals surface area contributed by atoms with Crippen molar-refractivity contribution in [3.63, 3.8) is 0 Å². The van der Waals surface area contributed by atoms with Gasteiger partial charge in [0.15, 0.2) is 0 Å². The second kappa shape index (κ2) is 6.05. The van der Waals surface area contributed by atoms with Gasteiger partial charge in [0, 0.05) is 44.4 Å². The van der Waals surface area contributed by atoms with Crippen LogP contribution in [0.4, 0.5) is 0 Å². The summed E-state index contributed by atoms with van der Waals surface area (Å²) in [6.07, 6.45) is 3.25. The van der Waals surface area contributed by atoms with Gasteiger partial charge in [-0.3, -0.25) is 4.79 Å². The molecule has 1 atom stereocenters. The van der Waals surface area contributed by atoms with Crippen LogP contribution in [0.2, 0.25) is 0 Å². The lowest BCUT2D eigenvalue weighted by molar-refractivity contribution is -0.122. The summed E-state index contributed by atoms with van der Waals surface area (Å²) in [5, 5.41) is 3.09. The normalized spacial score (nSPS) is 13.4. The number of nitrogens with one attached hydrogen (secondary N) is 1. The lowest BCUT2D eigenvalue weighted by Crippen LogP contribution is -2.45. The molecule has 0 aliphatic carbocycles. The number of aromatic nitrogens is 1. The molecule has 0 aliphatic rings. The summed E-state index contributed by atoms with van der Waals surface area (Å²) in [6.45, 7) is 6.82. The van der Waals surface area contributed by atoms with Crippen LogP contribution in [-0.2, 0) is 18.3 Å². The smallest absolute Gasteiger partial charge is 0.221 e. The number of carbonyl (C=O) groups excluding carboxylic acids is 1. The van der Waals surface area contributed by atoms with E-state index in [9.17, 15) is 4.79 Å². The van der Waals surface area contributed by atoms with Crippen LogP contribution in [0.5, 0.6) is 0 Å². The number of rotatable bonds is 5. The topological polar surface area (TPSA) is 60.0 Å². The predicted octanol–water partition coefficient (Wildman–Crippen LogP) is 1.45. The van der Waals surface area contributed by atoms with Gasteiger partial charge in [-0.15, -0.1) is 0 Å². The Bertz CT molecular complexity index is 390. The number of carbonyl (C=O) groups is 1. The monoisotopic (exact) mass is 251 g/mol.